The summed E-state index contributed by atoms with van der Waals surface area (Å²) in [6.07, 6.45) is 0. The van der Waals surface area contributed by atoms with Gasteiger partial charge in [0.2, 0.25) is 11.4 Å². The summed E-state index contributed by atoms with van der Waals surface area (Å²) in [5.74, 6) is -3.28. The van der Waals surface area contributed by atoms with Crippen molar-refractivity contribution in [3.63, 3.8) is 0 Å². The standard InChI is InChI=1S/C20H21FN6O5.Na/c1-10-25-26-17(32-10)16(30)24-20(2,3)19-23-13(14(28)18(31)27(19)4)15(29)22-9-11-5-7-12(21)8-6-11;/h5-8,28H,9H2,1-4H3,(H,22,29)(H,24,30);/q;+1/p-1. The van der Waals surface area contributed by atoms with Gasteiger partial charge in [-0.3, -0.25) is 19.0 Å². The largest absolute Gasteiger partial charge is 1.00 e. The molecule has 33 heavy (non-hydrogen) atoms. The summed E-state index contributed by atoms with van der Waals surface area (Å²) in [6, 6.07) is 5.39. The Morgan fingerprint density at radius 2 is 1.82 bits per heavy atom. The smallest absolute Gasteiger partial charge is 0.867 e. The van der Waals surface area contributed by atoms with Crippen molar-refractivity contribution in [3.8, 4) is 5.75 Å². The first-order chi connectivity index (χ1) is 15.0. The van der Waals surface area contributed by atoms with Crippen LogP contribution in [-0.2, 0) is 19.1 Å². The van der Waals surface area contributed by atoms with Crippen LogP contribution in [0, 0.1) is 12.7 Å². The molecule has 0 fully saturated rings. The monoisotopic (exact) mass is 466 g/mol. The van der Waals surface area contributed by atoms with Crippen LogP contribution in [0.1, 0.15) is 52.3 Å². The van der Waals surface area contributed by atoms with Gasteiger partial charge >= 0.3 is 41.4 Å². The van der Waals surface area contributed by atoms with Crippen molar-refractivity contribution in [2.45, 2.75) is 32.9 Å². The van der Waals surface area contributed by atoms with Crippen LogP contribution in [0.3, 0.4) is 0 Å². The zero-order valence-electron chi connectivity index (χ0n) is 18.7. The summed E-state index contributed by atoms with van der Waals surface area (Å²) in [7, 11) is 1.30. The number of nitrogens with zero attached hydrogens (tertiary/aromatic N) is 4. The van der Waals surface area contributed by atoms with E-state index in [1.807, 2.05) is 0 Å². The van der Waals surface area contributed by atoms with Crippen molar-refractivity contribution in [2.75, 3.05) is 0 Å². The van der Waals surface area contributed by atoms with Crippen LogP contribution in [0.4, 0.5) is 4.39 Å². The van der Waals surface area contributed by atoms with Gasteiger partial charge in [0.1, 0.15) is 17.3 Å². The fourth-order valence-electron chi connectivity index (χ4n) is 2.94. The van der Waals surface area contributed by atoms with Gasteiger partial charge in [-0.25, -0.2) is 9.37 Å². The van der Waals surface area contributed by atoms with E-state index in [0.29, 0.717) is 5.56 Å². The fraction of sp³-hybridized carbons (Fsp3) is 0.300. The summed E-state index contributed by atoms with van der Waals surface area (Å²) in [4.78, 5) is 41.5. The first-order valence-corrected chi connectivity index (χ1v) is 9.43. The predicted octanol–water partition coefficient (Wildman–Crippen LogP) is -2.72. The molecule has 3 aromatic rings. The van der Waals surface area contributed by atoms with Gasteiger partial charge in [-0.15, -0.1) is 10.2 Å². The molecule has 0 atom stereocenters. The van der Waals surface area contributed by atoms with Gasteiger partial charge in [0.15, 0.2) is 0 Å². The molecular weight excluding hydrogens is 446 g/mol. The Bertz CT molecular complexity index is 1240. The third-order valence-corrected chi connectivity index (χ3v) is 4.54. The molecular formula is C20H20FN6NaO5. The molecule has 13 heteroatoms. The maximum atomic E-state index is 13.0. The van der Waals surface area contributed by atoms with E-state index in [4.69, 9.17) is 4.42 Å². The summed E-state index contributed by atoms with van der Waals surface area (Å²) < 4.78 is 19.1. The van der Waals surface area contributed by atoms with Crippen LogP contribution in [0.2, 0.25) is 0 Å². The third-order valence-electron chi connectivity index (χ3n) is 4.54. The Morgan fingerprint density at radius 1 is 1.18 bits per heavy atom. The predicted molar refractivity (Wildman–Crippen MR) is 106 cm³/mol. The molecule has 0 saturated heterocycles. The fourth-order valence-corrected chi connectivity index (χ4v) is 2.94. The molecule has 0 radical (unpaired) electrons. The number of benzene rings is 1. The molecule has 2 aromatic heterocycles. The Hall–Kier alpha value is -3.09. The van der Waals surface area contributed by atoms with Gasteiger partial charge in [0, 0.05) is 20.5 Å². The maximum Gasteiger partial charge on any atom is 1.00 e. The van der Waals surface area contributed by atoms with E-state index in [9.17, 15) is 23.9 Å². The van der Waals surface area contributed by atoms with Crippen LogP contribution in [0.25, 0.3) is 0 Å². The summed E-state index contributed by atoms with van der Waals surface area (Å²) in [6.45, 7) is 4.56. The number of carbonyl (C=O) groups excluding carboxylic acids is 2. The minimum Gasteiger partial charge on any atom is -0.867 e. The number of rotatable bonds is 6. The molecule has 0 spiro atoms. The SMILES string of the molecule is Cc1nnc(C(=O)NC(C)(C)c2nc(C(=O)NCc3ccc(F)cc3)c([O-])c(=O)n2C)o1.[Na+]. The molecule has 2 N–H and O–H groups in total. The zero-order chi connectivity index (χ0) is 23.6. The number of nitrogens with one attached hydrogen (secondary N) is 2. The van der Waals surface area contributed by atoms with E-state index in [1.54, 1.807) is 0 Å². The number of carbonyl (C=O) groups is 2. The Labute approximate surface area is 209 Å². The van der Waals surface area contributed by atoms with Crippen molar-refractivity contribution < 1.29 is 53.1 Å². The van der Waals surface area contributed by atoms with Crippen LogP contribution in [0.15, 0.2) is 33.5 Å². The Kier molecular flexibility index (Phi) is 8.11. The molecule has 0 aliphatic heterocycles. The number of halogens is 1. The molecule has 2 amide bonds. The quantitative estimate of drug-likeness (QED) is 0.372. The van der Waals surface area contributed by atoms with Gasteiger partial charge in [0.25, 0.3) is 5.91 Å². The molecule has 0 bridgehead atoms. The molecule has 0 aliphatic carbocycles. The number of hydrogen-bond donors (Lipinski definition) is 2. The Morgan fingerprint density at radius 3 is 2.39 bits per heavy atom. The topological polar surface area (TPSA) is 155 Å². The molecule has 2 heterocycles. The van der Waals surface area contributed by atoms with Crippen LogP contribution in [0.5, 0.6) is 5.75 Å². The van der Waals surface area contributed by atoms with Crippen LogP contribution < -0.4 is 50.9 Å². The van der Waals surface area contributed by atoms with Crippen molar-refractivity contribution >= 4 is 11.8 Å². The normalized spacial score (nSPS) is 10.9. The second-order valence-electron chi connectivity index (χ2n) is 7.49. The molecule has 0 unspecified atom stereocenters. The second-order valence-corrected chi connectivity index (χ2v) is 7.49. The first kappa shape index (κ1) is 26.2. The van der Waals surface area contributed by atoms with Crippen molar-refractivity contribution in [1.82, 2.24) is 30.4 Å². The molecule has 1 aromatic carbocycles. The number of aryl methyl sites for hydroxylation is 1. The maximum absolute atomic E-state index is 13.0. The van der Waals surface area contributed by atoms with Crippen LogP contribution in [-0.4, -0.2) is 31.6 Å². The van der Waals surface area contributed by atoms with Crippen molar-refractivity contribution in [1.29, 1.82) is 0 Å². The number of amides is 2. The number of aromatic nitrogens is 4. The molecule has 11 nitrogen and oxygen atoms in total. The van der Waals surface area contributed by atoms with Crippen molar-refractivity contribution in [3.05, 3.63) is 69.3 Å². The zero-order valence-corrected chi connectivity index (χ0v) is 20.7. The summed E-state index contributed by atoms with van der Waals surface area (Å²) >= 11 is 0. The number of hydrogen-bond acceptors (Lipinski definition) is 8. The van der Waals surface area contributed by atoms with E-state index >= 15 is 0 Å². The molecule has 0 saturated carbocycles. The minimum absolute atomic E-state index is 0. The average Bonchev–Trinajstić information content (AvgIpc) is 3.17. The van der Waals surface area contributed by atoms with E-state index in [2.05, 4.69) is 25.8 Å². The van der Waals surface area contributed by atoms with E-state index in [-0.39, 0.29) is 53.7 Å². The second kappa shape index (κ2) is 10.2. The van der Waals surface area contributed by atoms with E-state index in [1.165, 1.54) is 52.1 Å². The minimum atomic E-state index is -1.30. The van der Waals surface area contributed by atoms with Gasteiger partial charge < -0.3 is 20.2 Å². The summed E-state index contributed by atoms with van der Waals surface area (Å²) in [5.41, 5.74) is -2.33. The Balaban J connectivity index is 0.00000385. The van der Waals surface area contributed by atoms with Gasteiger partial charge in [-0.2, -0.15) is 0 Å². The first-order valence-electron chi connectivity index (χ1n) is 9.43. The molecule has 3 rings (SSSR count). The van der Waals surface area contributed by atoms with Gasteiger partial charge in [-0.05, 0) is 37.3 Å². The third kappa shape index (κ3) is 5.83. The van der Waals surface area contributed by atoms with Crippen molar-refractivity contribution in [2.24, 2.45) is 7.05 Å². The average molecular weight is 466 g/mol. The van der Waals surface area contributed by atoms with Gasteiger partial charge in [0.05, 0.1) is 5.54 Å². The molecule has 0 aliphatic rings. The van der Waals surface area contributed by atoms with Gasteiger partial charge in [-0.1, -0.05) is 12.1 Å². The van der Waals surface area contributed by atoms with E-state index in [0.717, 1.165) is 4.57 Å². The summed E-state index contributed by atoms with van der Waals surface area (Å²) in [5, 5.41) is 24.7. The molecule has 168 valence electrons. The van der Waals surface area contributed by atoms with E-state index < -0.39 is 40.2 Å². The van der Waals surface area contributed by atoms with Crippen LogP contribution >= 0.6 is 0 Å².